The molecule has 0 bridgehead atoms. The summed E-state index contributed by atoms with van der Waals surface area (Å²) in [5.74, 6) is 1.60. The number of nitrogens with one attached hydrogen (secondary N) is 2. The smallest absolute Gasteiger partial charge is 0.229 e. The van der Waals surface area contributed by atoms with Crippen molar-refractivity contribution in [3.8, 4) is 11.5 Å². The van der Waals surface area contributed by atoms with Gasteiger partial charge in [0.25, 0.3) is 0 Å². The van der Waals surface area contributed by atoms with Gasteiger partial charge in [-0.25, -0.2) is 0 Å². The van der Waals surface area contributed by atoms with Crippen LogP contribution >= 0.6 is 12.4 Å². The number of hydrogen-bond acceptors (Lipinski definition) is 3. The Morgan fingerprint density at radius 3 is 2.29 bits per heavy atom. The molecule has 1 amide bonds. The van der Waals surface area contributed by atoms with Crippen molar-refractivity contribution in [2.75, 3.05) is 18.4 Å². The van der Waals surface area contributed by atoms with Gasteiger partial charge in [0.15, 0.2) is 0 Å². The molecule has 0 aliphatic carbocycles. The van der Waals surface area contributed by atoms with Crippen molar-refractivity contribution in [3.63, 3.8) is 0 Å². The number of anilines is 1. The number of benzene rings is 3. The second-order valence-electron chi connectivity index (χ2n) is 6.71. The summed E-state index contributed by atoms with van der Waals surface area (Å²) in [6, 6.07) is 27.3. The van der Waals surface area contributed by atoms with Crippen LogP contribution in [0.3, 0.4) is 0 Å². The van der Waals surface area contributed by atoms with Crippen LogP contribution in [0.25, 0.3) is 0 Å². The van der Waals surface area contributed by atoms with Gasteiger partial charge in [-0.05, 0) is 29.8 Å². The number of carbonyl (C=O) groups excluding carboxylic acids is 1. The Morgan fingerprint density at radius 2 is 1.54 bits per heavy atom. The summed E-state index contributed by atoms with van der Waals surface area (Å²) in [4.78, 5) is 12.9. The summed E-state index contributed by atoms with van der Waals surface area (Å²) < 4.78 is 5.85. The van der Waals surface area contributed by atoms with E-state index in [-0.39, 0.29) is 30.2 Å². The normalized spacial score (nSPS) is 18.1. The molecule has 0 aromatic heterocycles. The van der Waals surface area contributed by atoms with Gasteiger partial charge in [-0.15, -0.1) is 12.4 Å². The minimum atomic E-state index is -0.0916. The third-order valence-corrected chi connectivity index (χ3v) is 4.86. The third kappa shape index (κ3) is 4.71. The molecule has 4 rings (SSSR count). The highest BCUT2D eigenvalue weighted by atomic mass is 35.5. The standard InChI is InChI=1S/C23H22N2O2.ClH/c26-23(22-16-24-15-21(22)17-8-3-1-4-9-17)25-18-10-7-13-20(14-18)27-19-11-5-2-6-12-19;/h1-14,21-22,24H,15-16H2,(H,25,26);1H/t21-,22+;/m0./s1. The van der Waals surface area contributed by atoms with E-state index >= 15 is 0 Å². The Balaban J connectivity index is 0.00000225. The lowest BCUT2D eigenvalue weighted by atomic mass is 9.88. The summed E-state index contributed by atoms with van der Waals surface area (Å²) in [5.41, 5.74) is 1.94. The lowest BCUT2D eigenvalue weighted by Gasteiger charge is -2.19. The van der Waals surface area contributed by atoms with E-state index in [9.17, 15) is 4.79 Å². The molecule has 1 heterocycles. The summed E-state index contributed by atoms with van der Waals surface area (Å²) >= 11 is 0. The monoisotopic (exact) mass is 394 g/mol. The maximum absolute atomic E-state index is 12.9. The maximum Gasteiger partial charge on any atom is 0.229 e. The van der Waals surface area contributed by atoms with Gasteiger partial charge in [-0.2, -0.15) is 0 Å². The third-order valence-electron chi connectivity index (χ3n) is 4.86. The molecule has 28 heavy (non-hydrogen) atoms. The Bertz CT molecular complexity index is 903. The van der Waals surface area contributed by atoms with Crippen LogP contribution in [0.4, 0.5) is 5.69 Å². The Hall–Kier alpha value is -2.82. The lowest BCUT2D eigenvalue weighted by molar-refractivity contribution is -0.119. The number of halogens is 1. The molecule has 2 atom stereocenters. The van der Waals surface area contributed by atoms with E-state index in [4.69, 9.17) is 4.74 Å². The van der Waals surface area contributed by atoms with E-state index in [1.54, 1.807) is 0 Å². The second kappa shape index (κ2) is 9.40. The predicted octanol–water partition coefficient (Wildman–Crippen LogP) is 4.84. The summed E-state index contributed by atoms with van der Waals surface area (Å²) in [6.45, 7) is 1.50. The predicted molar refractivity (Wildman–Crippen MR) is 114 cm³/mol. The SMILES string of the molecule is Cl.O=C(Nc1cccc(Oc2ccccc2)c1)[C@@H]1CNC[C@H]1c1ccccc1. The summed E-state index contributed by atoms with van der Waals surface area (Å²) in [6.07, 6.45) is 0. The number of amides is 1. The average Bonchev–Trinajstić information content (AvgIpc) is 3.20. The maximum atomic E-state index is 12.9. The zero-order valence-corrected chi connectivity index (χ0v) is 16.2. The van der Waals surface area contributed by atoms with Gasteiger partial charge in [0.1, 0.15) is 11.5 Å². The van der Waals surface area contributed by atoms with Crippen molar-refractivity contribution in [1.29, 1.82) is 0 Å². The van der Waals surface area contributed by atoms with Crippen LogP contribution in [0.5, 0.6) is 11.5 Å². The molecular weight excluding hydrogens is 372 g/mol. The van der Waals surface area contributed by atoms with Crippen LogP contribution in [-0.2, 0) is 4.79 Å². The zero-order chi connectivity index (χ0) is 18.5. The van der Waals surface area contributed by atoms with Gasteiger partial charge in [-0.3, -0.25) is 4.79 Å². The first-order valence-corrected chi connectivity index (χ1v) is 9.19. The molecular formula is C23H23ClN2O2. The Kier molecular flexibility index (Phi) is 6.69. The molecule has 3 aromatic rings. The quantitative estimate of drug-likeness (QED) is 0.650. The molecule has 5 heteroatoms. The van der Waals surface area contributed by atoms with Gasteiger partial charge >= 0.3 is 0 Å². The Morgan fingerprint density at radius 1 is 0.857 bits per heavy atom. The van der Waals surface area contributed by atoms with Crippen LogP contribution in [0.1, 0.15) is 11.5 Å². The van der Waals surface area contributed by atoms with Gasteiger partial charge < -0.3 is 15.4 Å². The topological polar surface area (TPSA) is 50.4 Å². The molecule has 1 fully saturated rings. The van der Waals surface area contributed by atoms with E-state index in [1.165, 1.54) is 5.56 Å². The largest absolute Gasteiger partial charge is 0.457 e. The van der Waals surface area contributed by atoms with Crippen molar-refractivity contribution >= 4 is 24.0 Å². The van der Waals surface area contributed by atoms with Crippen molar-refractivity contribution in [1.82, 2.24) is 5.32 Å². The van der Waals surface area contributed by atoms with Gasteiger partial charge in [-0.1, -0.05) is 54.6 Å². The molecule has 0 saturated carbocycles. The summed E-state index contributed by atoms with van der Waals surface area (Å²) in [5, 5.41) is 6.40. The number of ether oxygens (including phenoxy) is 1. The molecule has 0 spiro atoms. The number of carbonyl (C=O) groups is 1. The zero-order valence-electron chi connectivity index (χ0n) is 15.4. The first-order chi connectivity index (χ1) is 13.3. The molecule has 0 unspecified atom stereocenters. The van der Waals surface area contributed by atoms with Crippen molar-refractivity contribution in [2.45, 2.75) is 5.92 Å². The van der Waals surface area contributed by atoms with Crippen LogP contribution in [-0.4, -0.2) is 19.0 Å². The van der Waals surface area contributed by atoms with Crippen molar-refractivity contribution in [2.24, 2.45) is 5.92 Å². The van der Waals surface area contributed by atoms with E-state index in [0.29, 0.717) is 12.3 Å². The number of hydrogen-bond donors (Lipinski definition) is 2. The minimum Gasteiger partial charge on any atom is -0.457 e. The van der Waals surface area contributed by atoms with Crippen LogP contribution in [0.2, 0.25) is 0 Å². The number of para-hydroxylation sites is 1. The van der Waals surface area contributed by atoms with Crippen molar-refractivity contribution in [3.05, 3.63) is 90.5 Å². The lowest BCUT2D eigenvalue weighted by Crippen LogP contribution is -2.28. The first kappa shape index (κ1) is 19.9. The second-order valence-corrected chi connectivity index (χ2v) is 6.71. The van der Waals surface area contributed by atoms with E-state index in [0.717, 1.165) is 18.0 Å². The highest BCUT2D eigenvalue weighted by molar-refractivity contribution is 5.93. The van der Waals surface area contributed by atoms with Gasteiger partial charge in [0.05, 0.1) is 5.92 Å². The first-order valence-electron chi connectivity index (χ1n) is 9.19. The molecule has 2 N–H and O–H groups in total. The van der Waals surface area contributed by atoms with E-state index in [2.05, 4.69) is 22.8 Å². The van der Waals surface area contributed by atoms with Gasteiger partial charge in [0, 0.05) is 30.8 Å². The molecule has 1 aliphatic rings. The Labute approximate surface area is 171 Å². The molecule has 3 aromatic carbocycles. The molecule has 144 valence electrons. The average molecular weight is 395 g/mol. The molecule has 1 aliphatic heterocycles. The van der Waals surface area contributed by atoms with Gasteiger partial charge in [0.2, 0.25) is 5.91 Å². The van der Waals surface area contributed by atoms with Crippen LogP contribution in [0, 0.1) is 5.92 Å². The molecule has 0 radical (unpaired) electrons. The van der Waals surface area contributed by atoms with Crippen molar-refractivity contribution < 1.29 is 9.53 Å². The minimum absolute atomic E-state index is 0. The van der Waals surface area contributed by atoms with E-state index in [1.807, 2.05) is 72.8 Å². The van der Waals surface area contributed by atoms with Crippen LogP contribution < -0.4 is 15.4 Å². The van der Waals surface area contributed by atoms with E-state index < -0.39 is 0 Å². The highest BCUT2D eigenvalue weighted by Crippen LogP contribution is 2.30. The highest BCUT2D eigenvalue weighted by Gasteiger charge is 2.33. The fraction of sp³-hybridized carbons (Fsp3) is 0.174. The van der Waals surface area contributed by atoms with Crippen LogP contribution in [0.15, 0.2) is 84.9 Å². The summed E-state index contributed by atoms with van der Waals surface area (Å²) in [7, 11) is 0. The fourth-order valence-electron chi connectivity index (χ4n) is 3.50. The molecule has 4 nitrogen and oxygen atoms in total. The fourth-order valence-corrected chi connectivity index (χ4v) is 3.50. The molecule has 1 saturated heterocycles. The number of rotatable bonds is 5.